The molecule has 2 N–H and O–H groups in total. The molecule has 6 nitrogen and oxygen atoms in total. The zero-order valence-corrected chi connectivity index (χ0v) is 22.5. The van der Waals surface area contributed by atoms with Gasteiger partial charge in [0.25, 0.3) is 0 Å². The molecule has 0 bridgehead atoms. The number of carbonyl (C=O) groups is 2. The van der Waals surface area contributed by atoms with Crippen LogP contribution in [0.3, 0.4) is 0 Å². The Morgan fingerprint density at radius 1 is 0.811 bits per heavy atom. The highest BCUT2D eigenvalue weighted by Gasteiger charge is 2.24. The Kier molecular flexibility index (Phi) is 9.24. The van der Waals surface area contributed by atoms with E-state index in [9.17, 15) is 14.7 Å². The topological polar surface area (TPSA) is 84.9 Å². The minimum atomic E-state index is -0.807. The molecule has 3 aromatic carbocycles. The number of rotatable bonds is 9. The maximum Gasteiger partial charge on any atom is 0.343 e. The standard InChI is InChI=1S/C31H37NO5/c1-7-22(19-32-31(4,5)6)28(33)25-16-17-26(36-29(34)23-12-8-20(2)9-13-23)27(18-25)37-30(35)24-14-10-21(3)11-15-24/h8-18,22,28,32-33H,7,19H2,1-6H3. The van der Waals surface area contributed by atoms with Crippen LogP contribution < -0.4 is 14.8 Å². The summed E-state index contributed by atoms with van der Waals surface area (Å²) in [6.45, 7) is 12.7. The van der Waals surface area contributed by atoms with Crippen molar-refractivity contribution in [1.29, 1.82) is 0 Å². The molecule has 0 fully saturated rings. The fraction of sp³-hybridized carbons (Fsp3) is 0.355. The summed E-state index contributed by atoms with van der Waals surface area (Å²) >= 11 is 0. The lowest BCUT2D eigenvalue weighted by Crippen LogP contribution is -2.40. The van der Waals surface area contributed by atoms with Crippen molar-refractivity contribution >= 4 is 11.9 Å². The molecule has 0 aliphatic carbocycles. The first-order chi connectivity index (χ1) is 17.5. The first-order valence-corrected chi connectivity index (χ1v) is 12.6. The van der Waals surface area contributed by atoms with Gasteiger partial charge in [0.2, 0.25) is 0 Å². The van der Waals surface area contributed by atoms with Crippen molar-refractivity contribution in [2.24, 2.45) is 5.92 Å². The van der Waals surface area contributed by atoms with E-state index >= 15 is 0 Å². The second kappa shape index (κ2) is 12.2. The van der Waals surface area contributed by atoms with Gasteiger partial charge in [-0.3, -0.25) is 0 Å². The number of carbonyl (C=O) groups excluding carboxylic acids is 2. The molecule has 6 heteroatoms. The quantitative estimate of drug-likeness (QED) is 0.268. The number of hydrogen-bond donors (Lipinski definition) is 2. The number of esters is 2. The zero-order valence-electron chi connectivity index (χ0n) is 22.5. The van der Waals surface area contributed by atoms with Crippen LogP contribution >= 0.6 is 0 Å². The van der Waals surface area contributed by atoms with E-state index in [2.05, 4.69) is 26.1 Å². The molecule has 0 spiro atoms. The Morgan fingerprint density at radius 2 is 1.30 bits per heavy atom. The van der Waals surface area contributed by atoms with Crippen molar-refractivity contribution in [3.63, 3.8) is 0 Å². The van der Waals surface area contributed by atoms with E-state index in [4.69, 9.17) is 9.47 Å². The van der Waals surface area contributed by atoms with E-state index in [1.165, 1.54) is 0 Å². The number of benzene rings is 3. The highest BCUT2D eigenvalue weighted by Crippen LogP contribution is 2.35. The molecule has 2 unspecified atom stereocenters. The molecule has 0 aliphatic heterocycles. The fourth-order valence-corrected chi connectivity index (χ4v) is 3.76. The normalized spacial score (nSPS) is 13.1. The third kappa shape index (κ3) is 8.00. The van der Waals surface area contributed by atoms with Gasteiger partial charge >= 0.3 is 11.9 Å². The van der Waals surface area contributed by atoms with Crippen LogP contribution in [0, 0.1) is 19.8 Å². The van der Waals surface area contributed by atoms with Crippen LogP contribution in [0.2, 0.25) is 0 Å². The third-order valence-electron chi connectivity index (χ3n) is 6.15. The summed E-state index contributed by atoms with van der Waals surface area (Å²) in [5.74, 6) is -1.05. The second-order valence-corrected chi connectivity index (χ2v) is 10.5. The molecule has 0 amide bonds. The van der Waals surface area contributed by atoms with Gasteiger partial charge in [0.1, 0.15) is 0 Å². The smallest absolute Gasteiger partial charge is 0.343 e. The lowest BCUT2D eigenvalue weighted by molar-refractivity contribution is 0.0680. The molecule has 3 rings (SSSR count). The van der Waals surface area contributed by atoms with Gasteiger partial charge in [-0.05, 0) is 83.0 Å². The van der Waals surface area contributed by atoms with Crippen LogP contribution in [0.15, 0.2) is 66.7 Å². The SMILES string of the molecule is CCC(CNC(C)(C)C)C(O)c1ccc(OC(=O)c2ccc(C)cc2)c(OC(=O)c2ccc(C)cc2)c1. The van der Waals surface area contributed by atoms with Crippen LogP contribution in [-0.4, -0.2) is 29.1 Å². The van der Waals surface area contributed by atoms with Crippen molar-refractivity contribution in [2.75, 3.05) is 6.54 Å². The molecule has 0 heterocycles. The van der Waals surface area contributed by atoms with Crippen molar-refractivity contribution in [2.45, 2.75) is 59.6 Å². The van der Waals surface area contributed by atoms with Crippen molar-refractivity contribution in [3.8, 4) is 11.5 Å². The minimum Gasteiger partial charge on any atom is -0.419 e. The predicted octanol–water partition coefficient (Wildman–Crippen LogP) is 6.19. The molecule has 0 saturated carbocycles. The lowest BCUT2D eigenvalue weighted by atomic mass is 9.92. The Morgan fingerprint density at radius 3 is 1.76 bits per heavy atom. The van der Waals surface area contributed by atoms with Crippen LogP contribution in [0.5, 0.6) is 11.5 Å². The van der Waals surface area contributed by atoms with Gasteiger partial charge < -0.3 is 19.9 Å². The summed E-state index contributed by atoms with van der Waals surface area (Å²) in [5.41, 5.74) is 3.27. The van der Waals surface area contributed by atoms with Crippen LogP contribution in [0.25, 0.3) is 0 Å². The highest BCUT2D eigenvalue weighted by atomic mass is 16.6. The largest absolute Gasteiger partial charge is 0.419 e. The maximum atomic E-state index is 12.9. The molecular weight excluding hydrogens is 466 g/mol. The zero-order chi connectivity index (χ0) is 27.2. The summed E-state index contributed by atoms with van der Waals surface area (Å²) in [4.78, 5) is 25.7. The van der Waals surface area contributed by atoms with Gasteiger partial charge in [-0.1, -0.05) is 48.4 Å². The summed E-state index contributed by atoms with van der Waals surface area (Å²) < 4.78 is 11.3. The van der Waals surface area contributed by atoms with E-state index < -0.39 is 18.0 Å². The summed E-state index contributed by atoms with van der Waals surface area (Å²) in [6.07, 6.45) is -0.0640. The van der Waals surface area contributed by atoms with Gasteiger partial charge in [-0.2, -0.15) is 0 Å². The first-order valence-electron chi connectivity index (χ1n) is 12.6. The second-order valence-electron chi connectivity index (χ2n) is 10.5. The Balaban J connectivity index is 1.91. The molecule has 2 atom stereocenters. The van der Waals surface area contributed by atoms with Gasteiger partial charge in [-0.25, -0.2) is 9.59 Å². The monoisotopic (exact) mass is 503 g/mol. The van der Waals surface area contributed by atoms with Gasteiger partial charge in [0, 0.05) is 18.0 Å². The summed E-state index contributed by atoms with van der Waals surface area (Å²) in [5, 5.41) is 14.6. The number of hydrogen-bond acceptors (Lipinski definition) is 6. The molecular formula is C31H37NO5. The number of aryl methyl sites for hydroxylation is 2. The molecule has 0 radical (unpaired) electrons. The molecule has 3 aromatic rings. The van der Waals surface area contributed by atoms with E-state index in [0.29, 0.717) is 23.2 Å². The van der Waals surface area contributed by atoms with Crippen LogP contribution in [-0.2, 0) is 0 Å². The number of nitrogens with one attached hydrogen (secondary N) is 1. The summed E-state index contributed by atoms with van der Waals surface area (Å²) in [6, 6.07) is 18.9. The molecule has 0 aromatic heterocycles. The Bertz CT molecular complexity index is 1210. The van der Waals surface area contributed by atoms with E-state index in [-0.39, 0.29) is 23.0 Å². The lowest BCUT2D eigenvalue weighted by Gasteiger charge is -2.28. The fourth-order valence-electron chi connectivity index (χ4n) is 3.76. The molecule has 0 saturated heterocycles. The van der Waals surface area contributed by atoms with E-state index in [1.54, 1.807) is 42.5 Å². The minimum absolute atomic E-state index is 0.0687. The van der Waals surface area contributed by atoms with Crippen molar-refractivity contribution < 1.29 is 24.2 Å². The molecule has 196 valence electrons. The predicted molar refractivity (Wildman–Crippen MR) is 145 cm³/mol. The molecule has 0 aliphatic rings. The van der Waals surface area contributed by atoms with Crippen LogP contribution in [0.4, 0.5) is 0 Å². The van der Waals surface area contributed by atoms with Crippen molar-refractivity contribution in [3.05, 3.63) is 94.5 Å². The van der Waals surface area contributed by atoms with E-state index in [1.807, 2.05) is 45.0 Å². The number of ether oxygens (including phenoxy) is 2. The number of aliphatic hydroxyl groups excluding tert-OH is 1. The van der Waals surface area contributed by atoms with Gasteiger partial charge in [0.15, 0.2) is 11.5 Å². The third-order valence-corrected chi connectivity index (χ3v) is 6.15. The van der Waals surface area contributed by atoms with E-state index in [0.717, 1.165) is 17.5 Å². The van der Waals surface area contributed by atoms with Crippen molar-refractivity contribution in [1.82, 2.24) is 5.32 Å². The Labute approximate surface area is 219 Å². The summed E-state index contributed by atoms with van der Waals surface area (Å²) in [7, 11) is 0. The molecule has 37 heavy (non-hydrogen) atoms. The highest BCUT2D eigenvalue weighted by molar-refractivity contribution is 5.93. The van der Waals surface area contributed by atoms with Gasteiger partial charge in [-0.15, -0.1) is 0 Å². The number of aliphatic hydroxyl groups is 1. The van der Waals surface area contributed by atoms with Gasteiger partial charge in [0.05, 0.1) is 17.2 Å². The maximum absolute atomic E-state index is 12.9. The first kappa shape index (κ1) is 28.1. The van der Waals surface area contributed by atoms with Crippen LogP contribution in [0.1, 0.15) is 77.6 Å². The average Bonchev–Trinajstić information content (AvgIpc) is 2.85. The Hall–Kier alpha value is -3.48. The average molecular weight is 504 g/mol.